The lowest BCUT2D eigenvalue weighted by atomic mass is 10.2. The molecule has 1 fully saturated rings. The smallest absolute Gasteiger partial charge is 0.306 e. The standard InChI is InChI=1S/C18H22N2O5S2/c1-2-20(13-9-10-27(23,24)12-13)17(21)11-25-18(22)8-7-16-19-14-5-3-4-6-15(14)26-16/h3-6,13H,2,7-12H2,1H3/t13-/m1/s1. The van der Waals surface area contributed by atoms with Gasteiger partial charge in [-0.05, 0) is 25.5 Å². The molecule has 0 aliphatic carbocycles. The number of benzene rings is 1. The van der Waals surface area contributed by atoms with E-state index in [-0.39, 0.29) is 36.5 Å². The number of fused-ring (bicyclic) bond motifs is 1. The number of ether oxygens (including phenoxy) is 1. The lowest BCUT2D eigenvalue weighted by molar-refractivity contribution is -0.152. The maximum Gasteiger partial charge on any atom is 0.306 e. The van der Waals surface area contributed by atoms with Crippen molar-refractivity contribution in [1.82, 2.24) is 9.88 Å². The summed E-state index contributed by atoms with van der Waals surface area (Å²) in [5.41, 5.74) is 0.908. The minimum absolute atomic E-state index is 0.0157. The summed E-state index contributed by atoms with van der Waals surface area (Å²) in [5, 5.41) is 0.853. The minimum Gasteiger partial charge on any atom is -0.456 e. The molecular formula is C18H22N2O5S2. The summed E-state index contributed by atoms with van der Waals surface area (Å²) in [6, 6.07) is 7.44. The third-order valence-electron chi connectivity index (χ3n) is 4.55. The van der Waals surface area contributed by atoms with Gasteiger partial charge in [-0.3, -0.25) is 9.59 Å². The predicted octanol–water partition coefficient (Wildman–Crippen LogP) is 1.81. The van der Waals surface area contributed by atoms with Crippen LogP contribution in [0, 0.1) is 0 Å². The summed E-state index contributed by atoms with van der Waals surface area (Å²) in [7, 11) is -3.07. The van der Waals surface area contributed by atoms with Crippen molar-refractivity contribution in [1.29, 1.82) is 0 Å². The number of hydrogen-bond acceptors (Lipinski definition) is 7. The Morgan fingerprint density at radius 1 is 1.33 bits per heavy atom. The van der Waals surface area contributed by atoms with Crippen molar-refractivity contribution in [3.63, 3.8) is 0 Å². The number of para-hydroxylation sites is 1. The molecule has 27 heavy (non-hydrogen) atoms. The summed E-state index contributed by atoms with van der Waals surface area (Å²) in [5.74, 6) is -0.729. The zero-order valence-corrected chi connectivity index (χ0v) is 16.7. The molecule has 7 nitrogen and oxygen atoms in total. The molecule has 1 aliphatic rings. The van der Waals surface area contributed by atoms with Crippen LogP contribution in [0.3, 0.4) is 0 Å². The van der Waals surface area contributed by atoms with Crippen LogP contribution in [0.1, 0.15) is 24.8 Å². The van der Waals surface area contributed by atoms with Crippen LogP contribution in [0.15, 0.2) is 24.3 Å². The average molecular weight is 411 g/mol. The van der Waals surface area contributed by atoms with Crippen LogP contribution in [0.25, 0.3) is 10.2 Å². The summed E-state index contributed by atoms with van der Waals surface area (Å²) in [6.07, 6.45) is 1.05. The third-order valence-corrected chi connectivity index (χ3v) is 7.39. The van der Waals surface area contributed by atoms with Crippen LogP contribution in [0.2, 0.25) is 0 Å². The van der Waals surface area contributed by atoms with Gasteiger partial charge in [0.05, 0.1) is 33.2 Å². The lowest BCUT2D eigenvalue weighted by Gasteiger charge is -2.26. The molecular weight excluding hydrogens is 388 g/mol. The minimum atomic E-state index is -3.07. The Hall–Kier alpha value is -2.00. The van der Waals surface area contributed by atoms with Gasteiger partial charge in [-0.1, -0.05) is 12.1 Å². The number of aromatic nitrogens is 1. The Bertz CT molecular complexity index is 905. The highest BCUT2D eigenvalue weighted by molar-refractivity contribution is 7.91. The highest BCUT2D eigenvalue weighted by Crippen LogP contribution is 2.22. The van der Waals surface area contributed by atoms with Gasteiger partial charge in [0.15, 0.2) is 16.4 Å². The molecule has 3 rings (SSSR count). The Labute approximate surface area is 162 Å². The first-order valence-electron chi connectivity index (χ1n) is 8.88. The summed E-state index contributed by atoms with van der Waals surface area (Å²) in [4.78, 5) is 30.2. The van der Waals surface area contributed by atoms with Gasteiger partial charge in [0, 0.05) is 19.0 Å². The fourth-order valence-corrected chi connectivity index (χ4v) is 5.89. The Kier molecular flexibility index (Phi) is 6.11. The second-order valence-electron chi connectivity index (χ2n) is 6.47. The molecule has 1 amide bonds. The molecule has 2 aromatic rings. The van der Waals surface area contributed by atoms with Crippen molar-refractivity contribution in [3.05, 3.63) is 29.3 Å². The topological polar surface area (TPSA) is 93.6 Å². The molecule has 0 bridgehead atoms. The molecule has 1 aromatic carbocycles. The fourth-order valence-electron chi connectivity index (χ4n) is 3.19. The molecule has 0 unspecified atom stereocenters. The number of carbonyl (C=O) groups excluding carboxylic acids is 2. The van der Waals surface area contributed by atoms with Gasteiger partial charge < -0.3 is 9.64 Å². The monoisotopic (exact) mass is 410 g/mol. The van der Waals surface area contributed by atoms with Crippen molar-refractivity contribution in [2.24, 2.45) is 0 Å². The Morgan fingerprint density at radius 3 is 2.78 bits per heavy atom. The molecule has 1 saturated heterocycles. The van der Waals surface area contributed by atoms with Gasteiger partial charge in [0.25, 0.3) is 5.91 Å². The van der Waals surface area contributed by atoms with Gasteiger partial charge in [0.2, 0.25) is 0 Å². The molecule has 0 N–H and O–H groups in total. The van der Waals surface area contributed by atoms with E-state index in [9.17, 15) is 18.0 Å². The number of rotatable bonds is 7. The van der Waals surface area contributed by atoms with Crippen molar-refractivity contribution in [2.45, 2.75) is 32.2 Å². The van der Waals surface area contributed by atoms with E-state index in [0.29, 0.717) is 19.4 Å². The number of carbonyl (C=O) groups is 2. The number of thiazole rings is 1. The molecule has 2 heterocycles. The van der Waals surface area contributed by atoms with Crippen LogP contribution in [0.5, 0.6) is 0 Å². The van der Waals surface area contributed by atoms with Crippen molar-refractivity contribution < 1.29 is 22.7 Å². The maximum absolute atomic E-state index is 12.3. The molecule has 0 spiro atoms. The first-order chi connectivity index (χ1) is 12.9. The van der Waals surface area contributed by atoms with E-state index in [1.165, 1.54) is 16.2 Å². The van der Waals surface area contributed by atoms with Crippen molar-refractivity contribution in [2.75, 3.05) is 24.7 Å². The number of esters is 1. The SMILES string of the molecule is CCN(C(=O)COC(=O)CCc1nc2ccccc2s1)[C@@H]1CCS(=O)(=O)C1. The Balaban J connectivity index is 1.47. The zero-order chi connectivity index (χ0) is 19.4. The highest BCUT2D eigenvalue weighted by atomic mass is 32.2. The molecule has 0 radical (unpaired) electrons. The van der Waals surface area contributed by atoms with E-state index in [1.807, 2.05) is 24.3 Å². The largest absolute Gasteiger partial charge is 0.456 e. The van der Waals surface area contributed by atoms with E-state index in [1.54, 1.807) is 6.92 Å². The predicted molar refractivity (Wildman–Crippen MR) is 103 cm³/mol. The van der Waals surface area contributed by atoms with Gasteiger partial charge in [-0.2, -0.15) is 0 Å². The third kappa shape index (κ3) is 5.04. The lowest BCUT2D eigenvalue weighted by Crippen LogP contribution is -2.43. The maximum atomic E-state index is 12.3. The van der Waals surface area contributed by atoms with Crippen LogP contribution < -0.4 is 0 Å². The van der Waals surface area contributed by atoms with Gasteiger partial charge >= 0.3 is 5.97 Å². The fraction of sp³-hybridized carbons (Fsp3) is 0.500. The number of amides is 1. The normalized spacial score (nSPS) is 18.5. The number of aryl methyl sites for hydroxylation is 1. The number of likely N-dealkylation sites (N-methyl/N-ethyl adjacent to an activating group) is 1. The quantitative estimate of drug-likeness (QED) is 0.646. The first-order valence-corrected chi connectivity index (χ1v) is 11.5. The van der Waals surface area contributed by atoms with E-state index in [0.717, 1.165) is 15.2 Å². The number of sulfone groups is 1. The van der Waals surface area contributed by atoms with Crippen molar-refractivity contribution >= 4 is 43.3 Å². The van der Waals surface area contributed by atoms with Crippen LogP contribution in [0.4, 0.5) is 0 Å². The van der Waals surface area contributed by atoms with E-state index < -0.39 is 15.8 Å². The second-order valence-corrected chi connectivity index (χ2v) is 9.82. The second kappa shape index (κ2) is 8.35. The van der Waals surface area contributed by atoms with E-state index >= 15 is 0 Å². The Morgan fingerprint density at radius 2 is 2.11 bits per heavy atom. The molecule has 9 heteroatoms. The summed E-state index contributed by atoms with van der Waals surface area (Å²) < 4.78 is 29.4. The van der Waals surface area contributed by atoms with E-state index in [4.69, 9.17) is 4.74 Å². The van der Waals surface area contributed by atoms with Gasteiger partial charge in [-0.15, -0.1) is 11.3 Å². The highest BCUT2D eigenvalue weighted by Gasteiger charge is 2.34. The van der Waals surface area contributed by atoms with Crippen LogP contribution in [-0.4, -0.2) is 60.9 Å². The molecule has 1 atom stereocenters. The summed E-state index contributed by atoms with van der Waals surface area (Å²) >= 11 is 1.54. The average Bonchev–Trinajstić information content (AvgIpc) is 3.21. The van der Waals surface area contributed by atoms with Crippen molar-refractivity contribution in [3.8, 4) is 0 Å². The van der Waals surface area contributed by atoms with Gasteiger partial charge in [-0.25, -0.2) is 13.4 Å². The summed E-state index contributed by atoms with van der Waals surface area (Å²) in [6.45, 7) is 1.82. The number of nitrogens with zero attached hydrogens (tertiary/aromatic N) is 2. The number of hydrogen-bond donors (Lipinski definition) is 0. The molecule has 1 aliphatic heterocycles. The molecule has 1 aromatic heterocycles. The van der Waals surface area contributed by atoms with Crippen LogP contribution >= 0.6 is 11.3 Å². The first kappa shape index (κ1) is 19.8. The van der Waals surface area contributed by atoms with Gasteiger partial charge in [0.1, 0.15) is 0 Å². The molecule has 0 saturated carbocycles. The van der Waals surface area contributed by atoms with Crippen LogP contribution in [-0.2, 0) is 30.6 Å². The zero-order valence-electron chi connectivity index (χ0n) is 15.1. The van der Waals surface area contributed by atoms with E-state index in [2.05, 4.69) is 4.98 Å². The molecule has 146 valence electrons.